The van der Waals surface area contributed by atoms with Crippen molar-refractivity contribution in [1.29, 1.82) is 0 Å². The number of hydrogen-bond acceptors (Lipinski definition) is 0. The van der Waals surface area contributed by atoms with Gasteiger partial charge in [0, 0.05) is 5.41 Å². The van der Waals surface area contributed by atoms with E-state index in [-0.39, 0.29) is 0 Å². The zero-order chi connectivity index (χ0) is 12.1. The molecule has 0 heteroatoms. The minimum atomic E-state index is 0.330. The maximum absolute atomic E-state index is 2.46. The maximum atomic E-state index is 2.46. The van der Waals surface area contributed by atoms with Gasteiger partial charge in [0.1, 0.15) is 0 Å². The Bertz CT molecular complexity index is 394. The molecule has 88 valence electrons. The van der Waals surface area contributed by atoms with Crippen molar-refractivity contribution in [2.75, 3.05) is 0 Å². The summed E-state index contributed by atoms with van der Waals surface area (Å²) in [5.74, 6) is 2.06. The molecule has 0 nitrogen and oxygen atoms in total. The van der Waals surface area contributed by atoms with Gasteiger partial charge in [-0.05, 0) is 42.7 Å². The molecule has 0 aromatic carbocycles. The van der Waals surface area contributed by atoms with Gasteiger partial charge in [0.05, 0.1) is 0 Å². The van der Waals surface area contributed by atoms with Crippen molar-refractivity contribution < 1.29 is 0 Å². The summed E-state index contributed by atoms with van der Waals surface area (Å²) in [7, 11) is 0. The minimum Gasteiger partial charge on any atom is -0.0805 e. The van der Waals surface area contributed by atoms with E-state index in [4.69, 9.17) is 0 Å². The molecule has 2 rings (SSSR count). The number of fused-ring (bicyclic) bond motifs is 1. The number of rotatable bonds is 0. The summed E-state index contributed by atoms with van der Waals surface area (Å²) in [6, 6.07) is 0. The highest BCUT2D eigenvalue weighted by Crippen LogP contribution is 2.54. The molecule has 0 saturated carbocycles. The van der Waals surface area contributed by atoms with E-state index in [0.717, 1.165) is 5.92 Å². The fourth-order valence-electron chi connectivity index (χ4n) is 3.77. The molecule has 0 fully saturated rings. The van der Waals surface area contributed by atoms with Crippen molar-refractivity contribution in [2.45, 2.75) is 41.5 Å². The van der Waals surface area contributed by atoms with E-state index in [2.05, 4.69) is 59.8 Å². The zero-order valence-corrected chi connectivity index (χ0v) is 11.5. The van der Waals surface area contributed by atoms with Crippen molar-refractivity contribution >= 4 is 0 Å². The topological polar surface area (TPSA) is 0 Å². The Morgan fingerprint density at radius 1 is 1.12 bits per heavy atom. The van der Waals surface area contributed by atoms with Gasteiger partial charge < -0.3 is 0 Å². The smallest absolute Gasteiger partial charge is 0.00211 e. The summed E-state index contributed by atoms with van der Waals surface area (Å²) in [4.78, 5) is 0. The molecular formula is C16H24. The van der Waals surface area contributed by atoms with Crippen LogP contribution >= 0.6 is 0 Å². The summed E-state index contributed by atoms with van der Waals surface area (Å²) in [6.45, 7) is 14.1. The first-order chi connectivity index (χ1) is 7.39. The second kappa shape index (κ2) is 3.61. The largest absolute Gasteiger partial charge is 0.0805 e. The maximum Gasteiger partial charge on any atom is 0.00211 e. The van der Waals surface area contributed by atoms with Gasteiger partial charge in [-0.15, -0.1) is 0 Å². The summed E-state index contributed by atoms with van der Waals surface area (Å²) < 4.78 is 0. The van der Waals surface area contributed by atoms with E-state index < -0.39 is 0 Å². The van der Waals surface area contributed by atoms with Crippen LogP contribution in [0.15, 0.2) is 34.9 Å². The van der Waals surface area contributed by atoms with Crippen molar-refractivity contribution in [2.24, 2.45) is 23.2 Å². The average Bonchev–Trinajstić information content (AvgIpc) is 2.21. The lowest BCUT2D eigenvalue weighted by Gasteiger charge is -2.50. The van der Waals surface area contributed by atoms with Gasteiger partial charge in [-0.3, -0.25) is 0 Å². The summed E-state index contributed by atoms with van der Waals surface area (Å²) >= 11 is 0. The van der Waals surface area contributed by atoms with Crippen LogP contribution in [0.1, 0.15) is 41.5 Å². The van der Waals surface area contributed by atoms with Crippen LogP contribution in [0.25, 0.3) is 0 Å². The van der Waals surface area contributed by atoms with Crippen LogP contribution in [0.3, 0.4) is 0 Å². The highest BCUT2D eigenvalue weighted by molar-refractivity contribution is 5.49. The van der Waals surface area contributed by atoms with Crippen molar-refractivity contribution in [3.8, 4) is 0 Å². The SMILES string of the molecule is CC1=CC(C)C(C)C2(C)C1=C(C)C=CC2C. The van der Waals surface area contributed by atoms with Crippen LogP contribution in [-0.2, 0) is 0 Å². The lowest BCUT2D eigenvalue weighted by molar-refractivity contribution is 0.149. The van der Waals surface area contributed by atoms with Crippen molar-refractivity contribution in [3.05, 3.63) is 34.9 Å². The normalized spacial score (nSPS) is 43.1. The fraction of sp³-hybridized carbons (Fsp3) is 0.625. The first kappa shape index (κ1) is 11.7. The van der Waals surface area contributed by atoms with Crippen LogP contribution in [0.4, 0.5) is 0 Å². The Morgan fingerprint density at radius 3 is 2.38 bits per heavy atom. The molecule has 0 amide bonds. The third kappa shape index (κ3) is 1.35. The summed E-state index contributed by atoms with van der Waals surface area (Å²) in [5.41, 5.74) is 4.90. The van der Waals surface area contributed by atoms with Gasteiger partial charge in [0.2, 0.25) is 0 Å². The summed E-state index contributed by atoms with van der Waals surface area (Å²) in [5, 5.41) is 0. The Balaban J connectivity index is 2.65. The molecule has 0 spiro atoms. The monoisotopic (exact) mass is 216 g/mol. The Labute approximate surface area is 100 Å². The minimum absolute atomic E-state index is 0.330. The van der Waals surface area contributed by atoms with Gasteiger partial charge in [-0.1, -0.05) is 51.5 Å². The number of hydrogen-bond donors (Lipinski definition) is 0. The van der Waals surface area contributed by atoms with E-state index in [9.17, 15) is 0 Å². The first-order valence-corrected chi connectivity index (χ1v) is 6.47. The average molecular weight is 216 g/mol. The van der Waals surface area contributed by atoms with Gasteiger partial charge in [-0.2, -0.15) is 0 Å². The molecule has 0 aromatic rings. The standard InChI is InChI=1S/C16H24/c1-10-7-8-13(4)16(6)14(5)11(2)9-12(3)15(10)16/h7-9,11,13-14H,1-6H3. The molecule has 2 aliphatic rings. The lowest BCUT2D eigenvalue weighted by Crippen LogP contribution is -2.41. The Hall–Kier alpha value is -0.780. The quantitative estimate of drug-likeness (QED) is 0.548. The van der Waals surface area contributed by atoms with E-state index in [1.165, 1.54) is 11.1 Å². The zero-order valence-electron chi connectivity index (χ0n) is 11.5. The van der Waals surface area contributed by atoms with Crippen LogP contribution in [-0.4, -0.2) is 0 Å². The fourth-order valence-corrected chi connectivity index (χ4v) is 3.77. The first-order valence-electron chi connectivity index (χ1n) is 6.47. The molecule has 2 aliphatic carbocycles. The van der Waals surface area contributed by atoms with Crippen LogP contribution in [0.2, 0.25) is 0 Å². The molecule has 0 heterocycles. The van der Waals surface area contributed by atoms with Crippen molar-refractivity contribution in [3.63, 3.8) is 0 Å². The molecule has 0 saturated heterocycles. The molecule has 0 aliphatic heterocycles. The van der Waals surface area contributed by atoms with E-state index in [1.54, 1.807) is 5.57 Å². The third-order valence-corrected chi connectivity index (χ3v) is 5.16. The van der Waals surface area contributed by atoms with Gasteiger partial charge in [0.15, 0.2) is 0 Å². The molecule has 0 bridgehead atoms. The van der Waals surface area contributed by atoms with Crippen LogP contribution in [0.5, 0.6) is 0 Å². The second-order valence-electron chi connectivity index (χ2n) is 5.99. The Kier molecular flexibility index (Phi) is 2.64. The lowest BCUT2D eigenvalue weighted by atomic mass is 9.54. The molecular weight excluding hydrogens is 192 g/mol. The molecule has 4 atom stereocenters. The summed E-state index contributed by atoms with van der Waals surface area (Å²) in [6.07, 6.45) is 7.15. The molecule has 0 N–H and O–H groups in total. The van der Waals surface area contributed by atoms with E-state index in [1.807, 2.05) is 0 Å². The highest BCUT2D eigenvalue weighted by Gasteiger charge is 2.45. The van der Waals surface area contributed by atoms with Gasteiger partial charge in [-0.25, -0.2) is 0 Å². The van der Waals surface area contributed by atoms with Gasteiger partial charge >= 0.3 is 0 Å². The second-order valence-corrected chi connectivity index (χ2v) is 5.99. The third-order valence-electron chi connectivity index (χ3n) is 5.16. The molecule has 16 heavy (non-hydrogen) atoms. The van der Waals surface area contributed by atoms with Gasteiger partial charge in [0.25, 0.3) is 0 Å². The van der Waals surface area contributed by atoms with Crippen molar-refractivity contribution in [1.82, 2.24) is 0 Å². The predicted octanol–water partition coefficient (Wildman–Crippen LogP) is 4.75. The highest BCUT2D eigenvalue weighted by atomic mass is 14.5. The predicted molar refractivity (Wildman–Crippen MR) is 71.2 cm³/mol. The molecule has 0 radical (unpaired) electrons. The number of allylic oxidation sites excluding steroid dienone is 6. The van der Waals surface area contributed by atoms with E-state index >= 15 is 0 Å². The van der Waals surface area contributed by atoms with Crippen LogP contribution < -0.4 is 0 Å². The van der Waals surface area contributed by atoms with Crippen LogP contribution in [0, 0.1) is 23.2 Å². The van der Waals surface area contributed by atoms with E-state index in [0.29, 0.717) is 17.3 Å². The molecule has 4 unspecified atom stereocenters. The Morgan fingerprint density at radius 2 is 1.75 bits per heavy atom. The molecule has 0 aromatic heterocycles.